The van der Waals surface area contributed by atoms with E-state index in [0.717, 1.165) is 0 Å². The van der Waals surface area contributed by atoms with Crippen molar-refractivity contribution in [3.8, 4) is 0 Å². The Morgan fingerprint density at radius 2 is 0.952 bits per heavy atom. The molecule has 1 N–H and O–H groups in total. The number of pyridine rings is 2. The number of anilines is 2. The molecule has 0 bridgehead atoms. The van der Waals surface area contributed by atoms with Crippen LogP contribution in [0.4, 0.5) is 11.4 Å². The fourth-order valence-corrected chi connectivity index (χ4v) is 36.4. The van der Waals surface area contributed by atoms with E-state index in [4.69, 9.17) is 9.97 Å². The van der Waals surface area contributed by atoms with E-state index in [9.17, 15) is 0 Å². The molecule has 0 aliphatic rings. The second kappa shape index (κ2) is 11.3. The standard InChI is InChI=1S/C12H7N3.6Ra.6H/c1-9-3-5-11(7-13-9)15-12-6-4-10(2)14-8-12;;;;;;;;;;;;/h15H,1-2H3;;;;;;;;;;;;. The molecule has 0 aromatic carbocycles. The van der Waals surface area contributed by atoms with Crippen LogP contribution in [0.5, 0.6) is 0 Å². The Balaban J connectivity index is 2.59. The number of aryl methyl sites for hydroxylation is 2. The van der Waals surface area contributed by atoms with Crippen LogP contribution in [0.1, 0.15) is 11.4 Å². The SMILES string of the molecule is Cc1n[c]([RaH])c(Nc2[c]([RaH])nc(C)[c]([RaH])[c]2[RaH])[c]([RaH])[c]1[RaH]. The van der Waals surface area contributed by atoms with Crippen molar-refractivity contribution in [1.82, 2.24) is 9.97 Å². The number of hydrogen-bond donors (Lipinski definition) is 1. The Labute approximate surface area is 301 Å². The summed E-state index contributed by atoms with van der Waals surface area (Å²) >= 11 is 2.25. The van der Waals surface area contributed by atoms with E-state index < -0.39 is 0 Å². The number of nitrogens with zero attached hydrogens (tertiary/aromatic N) is 2. The first-order valence-corrected chi connectivity index (χ1v) is 32.1. The minimum absolute atomic E-state index is 0.308. The van der Waals surface area contributed by atoms with Gasteiger partial charge in [-0.05, 0) is 0 Å². The van der Waals surface area contributed by atoms with Crippen molar-refractivity contribution in [1.29, 1.82) is 0 Å². The van der Waals surface area contributed by atoms with Gasteiger partial charge in [0, 0.05) is 0 Å². The van der Waals surface area contributed by atoms with Gasteiger partial charge in [0.1, 0.15) is 0 Å². The van der Waals surface area contributed by atoms with Crippen molar-refractivity contribution in [2.75, 3.05) is 5.32 Å². The molecule has 0 fully saturated rings. The fourth-order valence-electron chi connectivity index (χ4n) is 2.74. The molecule has 2 aromatic heterocycles. The zero-order valence-electron chi connectivity index (χ0n) is 14.4. The van der Waals surface area contributed by atoms with Crippen LogP contribution < -0.4 is 9.20 Å². The van der Waals surface area contributed by atoms with Crippen LogP contribution in [0.15, 0.2) is 0 Å². The summed E-state index contributed by atoms with van der Waals surface area (Å²) in [6.07, 6.45) is 0. The molecule has 2 rings (SSSR count). The molecule has 2 aromatic rings. The minimum atomic E-state index is 0.308. The predicted octanol–water partition coefficient (Wildman–Crippen LogP) is -3.72. The summed E-state index contributed by atoms with van der Waals surface area (Å²) in [7, 11) is 0. The maximum atomic E-state index is 4.89. The van der Waals surface area contributed by atoms with E-state index in [-0.39, 0.29) is 0 Å². The summed E-state index contributed by atoms with van der Waals surface area (Å²) in [5.41, 5.74) is 5.64. The van der Waals surface area contributed by atoms with Gasteiger partial charge in [0.05, 0.1) is 0 Å². The van der Waals surface area contributed by atoms with E-state index in [0.29, 0.717) is 257 Å². The molecule has 9 heteroatoms. The third kappa shape index (κ3) is 6.44. The average molecular weight is 1560 g/mol. The zero-order valence-corrected chi connectivity index (χ0v) is 63.7. The Morgan fingerprint density at radius 1 is 0.619 bits per heavy atom. The molecule has 88 valence electrons. The summed E-state index contributed by atoms with van der Waals surface area (Å²) in [6, 6.07) is 0. The number of aromatic nitrogens is 2. The van der Waals surface area contributed by atoms with Crippen LogP contribution in [0.2, 0.25) is 0 Å². The van der Waals surface area contributed by atoms with Gasteiger partial charge in [0.15, 0.2) is 0 Å². The van der Waals surface area contributed by atoms with Gasteiger partial charge in [-0.25, -0.2) is 0 Å². The van der Waals surface area contributed by atoms with Crippen molar-refractivity contribution < 1.29 is 257 Å². The van der Waals surface area contributed by atoms with Gasteiger partial charge in [0.2, 0.25) is 0 Å². The first-order chi connectivity index (χ1) is 9.73. The molecule has 0 saturated carbocycles. The number of rotatable bonds is 2. The zero-order chi connectivity index (χ0) is 15.9. The number of nitrogens with one attached hydrogen (secondary N) is 1. The van der Waals surface area contributed by atoms with Crippen LogP contribution in [0.3, 0.4) is 0 Å². The molecular formula is C12H13N3Ra6. The van der Waals surface area contributed by atoms with Crippen molar-refractivity contribution in [2.24, 2.45) is 0 Å². The molecule has 0 amide bonds. The Morgan fingerprint density at radius 3 is 1.29 bits per heavy atom. The van der Waals surface area contributed by atoms with Crippen LogP contribution >= 0.6 is 0 Å². The maximum absolute atomic E-state index is 4.89. The summed E-state index contributed by atoms with van der Waals surface area (Å²) in [5.74, 6) is 0. The van der Waals surface area contributed by atoms with E-state index in [2.05, 4.69) is 19.2 Å². The van der Waals surface area contributed by atoms with Crippen LogP contribution in [0, 0.1) is 271 Å². The molecule has 0 spiro atoms. The molecule has 0 saturated heterocycles. The van der Waals surface area contributed by atoms with Crippen molar-refractivity contribution in [2.45, 2.75) is 13.8 Å². The molecule has 0 atom stereocenters. The normalized spacial score (nSPS) is 10.3. The predicted molar refractivity (Wildman–Crippen MR) is 67.4 cm³/mol. The summed E-state index contributed by atoms with van der Waals surface area (Å²) in [6.45, 7) is 4.45. The van der Waals surface area contributed by atoms with Gasteiger partial charge < -0.3 is 0 Å². The third-order valence-electron chi connectivity index (χ3n) is 4.60. The average Bonchev–Trinajstić information content (AvgIpc) is 2.42. The first-order valence-electron chi connectivity index (χ1n) is 7.39. The van der Waals surface area contributed by atoms with Crippen molar-refractivity contribution >= 4 is 15.3 Å². The van der Waals surface area contributed by atoms with Gasteiger partial charge in [-0.3, -0.25) is 0 Å². The third-order valence-corrected chi connectivity index (χ3v) is 66.7. The molecule has 21 heavy (non-hydrogen) atoms. The quantitative estimate of drug-likeness (QED) is 0.337. The van der Waals surface area contributed by atoms with Crippen molar-refractivity contribution in [3.05, 3.63) is 11.4 Å². The van der Waals surface area contributed by atoms with E-state index >= 15 is 0 Å². The van der Waals surface area contributed by atoms with E-state index in [1.807, 2.05) is 0 Å². The van der Waals surface area contributed by atoms with Crippen LogP contribution in [0.25, 0.3) is 0 Å². The Kier molecular flexibility index (Phi) is 13.1. The van der Waals surface area contributed by atoms with Crippen LogP contribution in [-0.4, -0.2) is 9.97 Å². The second-order valence-corrected chi connectivity index (χ2v) is 30.2. The summed E-state index contributed by atoms with van der Waals surface area (Å²) < 4.78 is 9.63. The van der Waals surface area contributed by atoms with Crippen LogP contribution in [-0.2, 0) is 0 Å². The van der Waals surface area contributed by atoms with E-state index in [1.54, 1.807) is 2.42 Å². The van der Waals surface area contributed by atoms with E-state index in [1.165, 1.54) is 24.2 Å². The molecule has 0 radical (unpaired) electrons. The molecule has 2 heterocycles. The first kappa shape index (κ1) is 24.2. The Hall–Kier alpha value is 6.91. The summed E-state index contributed by atoms with van der Waals surface area (Å²) in [4.78, 5) is 9.79. The van der Waals surface area contributed by atoms with Gasteiger partial charge in [-0.15, -0.1) is 0 Å². The van der Waals surface area contributed by atoms with Crippen molar-refractivity contribution in [3.63, 3.8) is 0 Å². The Bertz CT molecular complexity index is 670. The van der Waals surface area contributed by atoms with Gasteiger partial charge in [0.25, 0.3) is 0 Å². The van der Waals surface area contributed by atoms with Gasteiger partial charge in [-0.1, -0.05) is 0 Å². The number of hydrogen-bond acceptors (Lipinski definition) is 3. The molecule has 0 aliphatic carbocycles. The molecule has 3 nitrogen and oxygen atoms in total. The second-order valence-electron chi connectivity index (χ2n) is 5.94. The van der Waals surface area contributed by atoms with Gasteiger partial charge in [-0.2, -0.15) is 0 Å². The topological polar surface area (TPSA) is 37.8 Å². The fraction of sp³-hybridized carbons (Fsp3) is 0.167. The van der Waals surface area contributed by atoms with Gasteiger partial charge >= 0.3 is 313 Å². The molecule has 0 unspecified atom stereocenters. The molecule has 0 aliphatic heterocycles. The summed E-state index contributed by atoms with van der Waals surface area (Å²) in [5, 5.41) is 3.89. The monoisotopic (exact) mass is 1560 g/mol. The molecular weight excluding hydrogens is 1540 g/mol.